The summed E-state index contributed by atoms with van der Waals surface area (Å²) in [5.41, 5.74) is 0. The maximum Gasteiger partial charge on any atom is 0.709 e. The molecule has 2 N–H and O–H groups in total. The molecule has 6 nitrogen and oxygen atoms in total. The van der Waals surface area contributed by atoms with Gasteiger partial charge in [0.05, 0.1) is 19.5 Å². The fourth-order valence-electron chi connectivity index (χ4n) is 0.565. The summed E-state index contributed by atoms with van der Waals surface area (Å²) in [4.78, 5) is 7.22. The molecule has 0 amide bonds. The van der Waals surface area contributed by atoms with Crippen LogP contribution in [0, 0.1) is 0 Å². The average Bonchev–Trinajstić information content (AvgIpc) is 2.05. The third-order valence-corrected chi connectivity index (χ3v) is 1.05. The second-order valence-corrected chi connectivity index (χ2v) is 1.85. The van der Waals surface area contributed by atoms with Crippen molar-refractivity contribution in [3.63, 3.8) is 0 Å². The first-order chi connectivity index (χ1) is 5.72. The lowest BCUT2D eigenvalue weighted by molar-refractivity contribution is 0.277. The predicted octanol–water partition coefficient (Wildman–Crippen LogP) is -1.17. The number of aromatic nitrogens is 2. The highest BCUT2D eigenvalue weighted by Gasteiger charge is 2.12. The number of hydrogen-bond acceptors (Lipinski definition) is 6. The number of hydrogen-bond donors (Lipinski definition) is 2. The SMILES string of the molecule is COc1cnc(OB(O)O)nc1. The number of nitrogens with zero attached hydrogens (tertiary/aromatic N) is 2. The molecule has 0 aliphatic rings. The lowest BCUT2D eigenvalue weighted by atomic mass is 10.3. The van der Waals surface area contributed by atoms with Gasteiger partial charge in [-0.1, -0.05) is 0 Å². The van der Waals surface area contributed by atoms with Gasteiger partial charge < -0.3 is 19.4 Å². The molecule has 64 valence electrons. The Morgan fingerprint density at radius 1 is 1.33 bits per heavy atom. The van der Waals surface area contributed by atoms with Crippen molar-refractivity contribution in [3.05, 3.63) is 12.4 Å². The standard InChI is InChI=1S/C5H7BN2O4/c1-11-4-2-7-5(8-3-4)12-6(9)10/h2-3,9-10H,1H3. The third kappa shape index (κ3) is 2.37. The number of rotatable bonds is 3. The lowest BCUT2D eigenvalue weighted by Gasteiger charge is -2.02. The fraction of sp³-hybridized carbons (Fsp3) is 0.200. The van der Waals surface area contributed by atoms with E-state index in [-0.39, 0.29) is 6.01 Å². The Balaban J connectivity index is 2.65. The zero-order valence-corrected chi connectivity index (χ0v) is 6.34. The van der Waals surface area contributed by atoms with Crippen LogP contribution in [0.3, 0.4) is 0 Å². The van der Waals surface area contributed by atoms with E-state index in [1.54, 1.807) is 0 Å². The van der Waals surface area contributed by atoms with E-state index >= 15 is 0 Å². The lowest BCUT2D eigenvalue weighted by Crippen LogP contribution is -2.21. The maximum absolute atomic E-state index is 8.35. The summed E-state index contributed by atoms with van der Waals surface area (Å²) in [6.07, 6.45) is 2.70. The van der Waals surface area contributed by atoms with Gasteiger partial charge in [-0.2, -0.15) is 0 Å². The molecule has 12 heavy (non-hydrogen) atoms. The minimum atomic E-state index is -1.90. The molecule has 0 aromatic carbocycles. The summed E-state index contributed by atoms with van der Waals surface area (Å²) in [6, 6.07) is -0.120. The van der Waals surface area contributed by atoms with E-state index in [1.165, 1.54) is 19.5 Å². The second kappa shape index (κ2) is 3.89. The van der Waals surface area contributed by atoms with Crippen molar-refractivity contribution in [1.82, 2.24) is 9.97 Å². The Morgan fingerprint density at radius 3 is 2.33 bits per heavy atom. The molecule has 0 bridgehead atoms. The van der Waals surface area contributed by atoms with Gasteiger partial charge in [0.25, 0.3) is 0 Å². The average molecular weight is 170 g/mol. The fourth-order valence-corrected chi connectivity index (χ4v) is 0.565. The molecular formula is C5H7BN2O4. The van der Waals surface area contributed by atoms with Crippen LogP contribution < -0.4 is 9.39 Å². The molecule has 1 rings (SSSR count). The molecule has 0 saturated heterocycles. The first-order valence-electron chi connectivity index (χ1n) is 3.11. The van der Waals surface area contributed by atoms with Crippen molar-refractivity contribution < 1.29 is 19.4 Å². The van der Waals surface area contributed by atoms with E-state index in [4.69, 9.17) is 14.8 Å². The highest BCUT2D eigenvalue weighted by atomic mass is 16.6. The predicted molar refractivity (Wildman–Crippen MR) is 39.4 cm³/mol. The van der Waals surface area contributed by atoms with Gasteiger partial charge in [-0.15, -0.1) is 0 Å². The summed E-state index contributed by atoms with van der Waals surface area (Å²) in [7, 11) is -0.432. The van der Waals surface area contributed by atoms with Gasteiger partial charge in [0.1, 0.15) is 0 Å². The van der Waals surface area contributed by atoms with Crippen LogP contribution in [0.25, 0.3) is 0 Å². The van der Waals surface area contributed by atoms with Crippen LogP contribution in [0.1, 0.15) is 0 Å². The smallest absolute Gasteiger partial charge is 0.494 e. The minimum Gasteiger partial charge on any atom is -0.494 e. The van der Waals surface area contributed by atoms with Crippen molar-refractivity contribution >= 4 is 7.32 Å². The van der Waals surface area contributed by atoms with Gasteiger partial charge >= 0.3 is 13.3 Å². The van der Waals surface area contributed by atoms with Crippen LogP contribution in [0.15, 0.2) is 12.4 Å². The summed E-state index contributed by atoms with van der Waals surface area (Å²) in [5.74, 6) is 0.467. The minimum absolute atomic E-state index is 0.120. The van der Waals surface area contributed by atoms with Gasteiger partial charge in [0, 0.05) is 0 Å². The molecule has 0 unspecified atom stereocenters. The first-order valence-corrected chi connectivity index (χ1v) is 3.11. The Hall–Kier alpha value is -1.34. The molecular weight excluding hydrogens is 163 g/mol. The highest BCUT2D eigenvalue weighted by Crippen LogP contribution is 2.08. The number of ether oxygens (including phenoxy) is 1. The molecule has 0 fully saturated rings. The van der Waals surface area contributed by atoms with Gasteiger partial charge in [-0.3, -0.25) is 0 Å². The molecule has 0 radical (unpaired) electrons. The Labute approximate surface area is 69.0 Å². The van der Waals surface area contributed by atoms with Crippen LogP contribution in [0.4, 0.5) is 0 Å². The normalized spacial score (nSPS) is 9.25. The molecule has 7 heteroatoms. The van der Waals surface area contributed by atoms with E-state index in [0.29, 0.717) is 5.75 Å². The van der Waals surface area contributed by atoms with Crippen molar-refractivity contribution in [2.75, 3.05) is 7.11 Å². The van der Waals surface area contributed by atoms with E-state index in [9.17, 15) is 0 Å². The Kier molecular flexibility index (Phi) is 2.84. The van der Waals surface area contributed by atoms with Gasteiger partial charge in [0.2, 0.25) is 0 Å². The maximum atomic E-state index is 8.35. The van der Waals surface area contributed by atoms with E-state index in [0.717, 1.165) is 0 Å². The first kappa shape index (κ1) is 8.76. The van der Waals surface area contributed by atoms with Crippen molar-refractivity contribution in [3.8, 4) is 11.8 Å². The van der Waals surface area contributed by atoms with Gasteiger partial charge in [-0.25, -0.2) is 9.97 Å². The Morgan fingerprint density at radius 2 is 1.92 bits per heavy atom. The van der Waals surface area contributed by atoms with Crippen molar-refractivity contribution in [1.29, 1.82) is 0 Å². The number of methoxy groups -OCH3 is 1. The van der Waals surface area contributed by atoms with Crippen LogP contribution in [-0.4, -0.2) is 34.4 Å². The molecule has 1 aromatic rings. The quantitative estimate of drug-likeness (QED) is 0.556. The van der Waals surface area contributed by atoms with E-state index in [2.05, 4.69) is 14.6 Å². The van der Waals surface area contributed by atoms with Gasteiger partial charge in [0.15, 0.2) is 5.75 Å². The second-order valence-electron chi connectivity index (χ2n) is 1.85. The van der Waals surface area contributed by atoms with Crippen LogP contribution in [0.5, 0.6) is 11.8 Å². The summed E-state index contributed by atoms with van der Waals surface area (Å²) in [5, 5.41) is 16.7. The molecule has 0 aliphatic carbocycles. The zero-order valence-electron chi connectivity index (χ0n) is 6.34. The third-order valence-electron chi connectivity index (χ3n) is 1.05. The molecule has 1 heterocycles. The van der Waals surface area contributed by atoms with Gasteiger partial charge in [-0.05, 0) is 0 Å². The van der Waals surface area contributed by atoms with Crippen molar-refractivity contribution in [2.24, 2.45) is 0 Å². The molecule has 0 atom stereocenters. The summed E-state index contributed by atoms with van der Waals surface area (Å²) >= 11 is 0. The highest BCUT2D eigenvalue weighted by molar-refractivity contribution is 6.33. The van der Waals surface area contributed by atoms with E-state index in [1.807, 2.05) is 0 Å². The summed E-state index contributed by atoms with van der Waals surface area (Å²) < 4.78 is 9.12. The molecule has 0 saturated carbocycles. The summed E-state index contributed by atoms with van der Waals surface area (Å²) in [6.45, 7) is 0. The van der Waals surface area contributed by atoms with E-state index < -0.39 is 7.32 Å². The largest absolute Gasteiger partial charge is 0.709 e. The Bertz CT molecular complexity index is 240. The van der Waals surface area contributed by atoms with Crippen molar-refractivity contribution in [2.45, 2.75) is 0 Å². The van der Waals surface area contributed by atoms with Crippen LogP contribution in [-0.2, 0) is 0 Å². The molecule has 1 aromatic heterocycles. The van der Waals surface area contributed by atoms with Crippen LogP contribution >= 0.6 is 0 Å². The molecule has 0 spiro atoms. The zero-order chi connectivity index (χ0) is 8.97. The van der Waals surface area contributed by atoms with Crippen LogP contribution in [0.2, 0.25) is 0 Å². The monoisotopic (exact) mass is 170 g/mol. The molecule has 0 aliphatic heterocycles. The topological polar surface area (TPSA) is 84.7 Å².